The van der Waals surface area contributed by atoms with Gasteiger partial charge in [0.15, 0.2) is 0 Å². The second-order valence-electron chi connectivity index (χ2n) is 2.52. The average Bonchev–Trinajstić information content (AvgIpc) is 2.18. The van der Waals surface area contributed by atoms with Crippen LogP contribution in [-0.4, -0.2) is 5.60 Å². The van der Waals surface area contributed by atoms with Crippen LogP contribution < -0.4 is 5.90 Å². The van der Waals surface area contributed by atoms with Crippen LogP contribution in [-0.2, 0) is 4.84 Å². The van der Waals surface area contributed by atoms with Gasteiger partial charge in [0, 0.05) is 0 Å². The summed E-state index contributed by atoms with van der Waals surface area (Å²) in [5, 5.41) is 0. The zero-order valence-corrected chi connectivity index (χ0v) is 4.69. The monoisotopic (exact) mass is 100 g/mol. The van der Waals surface area contributed by atoms with Crippen molar-refractivity contribution in [3.05, 3.63) is 0 Å². The smallest absolute Gasteiger partial charge is 0.0916 e. The van der Waals surface area contributed by atoms with Crippen molar-refractivity contribution in [3.8, 4) is 0 Å². The molecule has 0 saturated heterocycles. The largest absolute Gasteiger partial charge is 0.278 e. The molecule has 1 N–H and O–H groups in total. The van der Waals surface area contributed by atoms with Crippen LogP contribution in [0.1, 0.15) is 20.3 Å². The summed E-state index contributed by atoms with van der Waals surface area (Å²) in [6.45, 7) is 4.05. The van der Waals surface area contributed by atoms with Crippen molar-refractivity contribution >= 4 is 0 Å². The maximum Gasteiger partial charge on any atom is 0.0916 e. The van der Waals surface area contributed by atoms with Gasteiger partial charge in [0.25, 0.3) is 0 Å². The van der Waals surface area contributed by atoms with E-state index in [4.69, 9.17) is 5.90 Å². The quantitative estimate of drug-likeness (QED) is 0.452. The highest BCUT2D eigenvalue weighted by atomic mass is 16.6. The third kappa shape index (κ3) is 0.640. The van der Waals surface area contributed by atoms with Crippen LogP contribution in [0.5, 0.6) is 0 Å². The first-order valence-electron chi connectivity index (χ1n) is 2.54. The molecular weight excluding hydrogens is 90.1 g/mol. The minimum Gasteiger partial charge on any atom is -0.278 e. The van der Waals surface area contributed by atoms with Crippen molar-refractivity contribution in [2.75, 3.05) is 0 Å². The fraction of sp³-hybridized carbons (Fsp3) is 1.00. The number of nitrogens with one attached hydrogen (secondary N) is 1. The lowest BCUT2D eigenvalue weighted by Crippen LogP contribution is -2.08. The zero-order valence-electron chi connectivity index (χ0n) is 4.69. The van der Waals surface area contributed by atoms with Crippen molar-refractivity contribution in [1.82, 2.24) is 5.90 Å². The Labute approximate surface area is 43.6 Å². The molecule has 0 heterocycles. The Kier molecular flexibility index (Phi) is 0.869. The second kappa shape index (κ2) is 1.20. The van der Waals surface area contributed by atoms with Gasteiger partial charge in [-0.2, -0.15) is 0 Å². The maximum atomic E-state index is 6.55. The van der Waals surface area contributed by atoms with E-state index in [0.717, 1.165) is 6.42 Å². The van der Waals surface area contributed by atoms with E-state index < -0.39 is 0 Å². The van der Waals surface area contributed by atoms with E-state index in [1.54, 1.807) is 0 Å². The van der Waals surface area contributed by atoms with Gasteiger partial charge in [-0.3, -0.25) is 4.84 Å². The molecule has 1 rings (SSSR count). The molecule has 1 aliphatic carbocycles. The molecule has 2 atom stereocenters. The molecule has 0 spiro atoms. The topological polar surface area (TPSA) is 33.0 Å². The molecule has 0 aliphatic heterocycles. The summed E-state index contributed by atoms with van der Waals surface area (Å²) in [7, 11) is 0. The SMILES string of the molecule is C[C@H]1C[C@@]1(C)O[NH]. The molecule has 0 unspecified atom stereocenters. The van der Waals surface area contributed by atoms with E-state index in [9.17, 15) is 0 Å². The third-order valence-electron chi connectivity index (χ3n) is 1.83. The fourth-order valence-electron chi connectivity index (χ4n) is 0.691. The predicted molar refractivity (Wildman–Crippen MR) is 26.4 cm³/mol. The Hall–Kier alpha value is -0.0800. The van der Waals surface area contributed by atoms with E-state index in [-0.39, 0.29) is 5.60 Å². The van der Waals surface area contributed by atoms with Crippen LogP contribution in [0.2, 0.25) is 0 Å². The van der Waals surface area contributed by atoms with Gasteiger partial charge in [-0.15, -0.1) is 5.90 Å². The van der Waals surface area contributed by atoms with E-state index in [2.05, 4.69) is 11.8 Å². The van der Waals surface area contributed by atoms with Crippen LogP contribution in [0.3, 0.4) is 0 Å². The van der Waals surface area contributed by atoms with Gasteiger partial charge < -0.3 is 0 Å². The Morgan fingerprint density at radius 1 is 1.86 bits per heavy atom. The molecule has 1 aliphatic rings. The lowest BCUT2D eigenvalue weighted by atomic mass is 10.3. The van der Waals surface area contributed by atoms with E-state index >= 15 is 0 Å². The van der Waals surface area contributed by atoms with E-state index in [1.807, 2.05) is 6.92 Å². The summed E-state index contributed by atoms with van der Waals surface area (Å²) in [6, 6.07) is 0. The third-order valence-corrected chi connectivity index (χ3v) is 1.83. The lowest BCUT2D eigenvalue weighted by molar-refractivity contribution is 0.0196. The van der Waals surface area contributed by atoms with Crippen molar-refractivity contribution in [3.63, 3.8) is 0 Å². The highest BCUT2D eigenvalue weighted by Crippen LogP contribution is 2.44. The van der Waals surface area contributed by atoms with Crippen molar-refractivity contribution in [2.45, 2.75) is 25.9 Å². The molecule has 0 amide bonds. The highest BCUT2D eigenvalue weighted by molar-refractivity contribution is 4.97. The standard InChI is InChI=1S/C5H10NO/c1-4-3-5(4,2)7-6/h4,6H,3H2,1-2H3/t4-,5+/m0/s1. The minimum absolute atomic E-state index is 0.0833. The maximum absolute atomic E-state index is 6.55. The molecule has 0 aromatic carbocycles. The van der Waals surface area contributed by atoms with Crippen molar-refractivity contribution < 1.29 is 4.84 Å². The van der Waals surface area contributed by atoms with Gasteiger partial charge in [-0.25, -0.2) is 0 Å². The Morgan fingerprint density at radius 3 is 2.29 bits per heavy atom. The molecular formula is C5H10NO. The summed E-state index contributed by atoms with van der Waals surface area (Å²) in [5.41, 5.74) is -0.0833. The molecule has 1 saturated carbocycles. The number of rotatable bonds is 1. The molecule has 1 fully saturated rings. The summed E-state index contributed by atoms with van der Waals surface area (Å²) in [5.74, 6) is 7.15. The Bertz CT molecular complexity index is 80.1. The van der Waals surface area contributed by atoms with Crippen LogP contribution in [0.4, 0.5) is 0 Å². The number of hydrogen-bond acceptors (Lipinski definition) is 1. The van der Waals surface area contributed by atoms with E-state index in [1.165, 1.54) is 0 Å². The molecule has 1 radical (unpaired) electrons. The van der Waals surface area contributed by atoms with Crippen LogP contribution in [0.15, 0.2) is 0 Å². The highest BCUT2D eigenvalue weighted by Gasteiger charge is 2.48. The summed E-state index contributed by atoms with van der Waals surface area (Å²) < 4.78 is 0. The molecule has 0 bridgehead atoms. The Balaban J connectivity index is 2.36. The van der Waals surface area contributed by atoms with Gasteiger partial charge in [-0.1, -0.05) is 6.92 Å². The first-order valence-corrected chi connectivity index (χ1v) is 2.54. The van der Waals surface area contributed by atoms with Gasteiger partial charge in [0.05, 0.1) is 5.60 Å². The molecule has 2 heteroatoms. The summed E-state index contributed by atoms with van der Waals surface area (Å²) in [6.07, 6.45) is 1.05. The van der Waals surface area contributed by atoms with Crippen LogP contribution in [0.25, 0.3) is 0 Å². The molecule has 2 nitrogen and oxygen atoms in total. The second-order valence-corrected chi connectivity index (χ2v) is 2.52. The van der Waals surface area contributed by atoms with Crippen LogP contribution >= 0.6 is 0 Å². The zero-order chi connectivity index (χ0) is 5.49. The predicted octanol–water partition coefficient (Wildman–Crippen LogP) is 0.999. The van der Waals surface area contributed by atoms with Gasteiger partial charge >= 0.3 is 0 Å². The number of hydrogen-bond donors (Lipinski definition) is 0. The first kappa shape index (κ1) is 5.06. The fourth-order valence-corrected chi connectivity index (χ4v) is 0.691. The summed E-state index contributed by atoms with van der Waals surface area (Å²) in [4.78, 5) is 4.41. The summed E-state index contributed by atoms with van der Waals surface area (Å²) >= 11 is 0. The molecule has 41 valence electrons. The molecule has 0 aromatic heterocycles. The van der Waals surface area contributed by atoms with Gasteiger partial charge in [0.1, 0.15) is 0 Å². The lowest BCUT2D eigenvalue weighted by Gasteiger charge is -2.00. The van der Waals surface area contributed by atoms with Crippen LogP contribution in [0, 0.1) is 5.92 Å². The molecule has 7 heavy (non-hydrogen) atoms. The van der Waals surface area contributed by atoms with Crippen molar-refractivity contribution in [1.29, 1.82) is 0 Å². The minimum atomic E-state index is -0.0833. The Morgan fingerprint density at radius 2 is 2.29 bits per heavy atom. The van der Waals surface area contributed by atoms with Crippen molar-refractivity contribution in [2.24, 2.45) is 5.92 Å². The first-order chi connectivity index (χ1) is 3.19. The van der Waals surface area contributed by atoms with E-state index in [0.29, 0.717) is 5.92 Å². The molecule has 0 aromatic rings. The average molecular weight is 100 g/mol. The van der Waals surface area contributed by atoms with Gasteiger partial charge in [0.2, 0.25) is 0 Å². The van der Waals surface area contributed by atoms with Gasteiger partial charge in [-0.05, 0) is 19.3 Å². The normalized spacial score (nSPS) is 49.3.